The second-order valence-electron chi connectivity index (χ2n) is 7.68. The van der Waals surface area contributed by atoms with Crippen LogP contribution in [0.1, 0.15) is 24.1 Å². The quantitative estimate of drug-likeness (QED) is 0.490. The van der Waals surface area contributed by atoms with Crippen molar-refractivity contribution in [3.05, 3.63) is 83.7 Å². The van der Waals surface area contributed by atoms with E-state index in [0.717, 1.165) is 21.5 Å². The summed E-state index contributed by atoms with van der Waals surface area (Å²) in [7, 11) is -1.18. The highest BCUT2D eigenvalue weighted by molar-refractivity contribution is 7.92. The van der Waals surface area contributed by atoms with E-state index >= 15 is 0 Å². The summed E-state index contributed by atoms with van der Waals surface area (Å²) in [6.45, 7) is 2.98. The van der Waals surface area contributed by atoms with E-state index in [1.54, 1.807) is 37.3 Å². The second kappa shape index (κ2) is 10.6. The number of methoxy groups -OCH3 is 2. The average molecular weight is 487 g/mol. The van der Waals surface area contributed by atoms with Gasteiger partial charge in [-0.1, -0.05) is 35.9 Å². The number of ether oxygens (including phenoxy) is 2. The predicted octanol–water partition coefficient (Wildman–Crippen LogP) is 4.22. The van der Waals surface area contributed by atoms with E-state index in [4.69, 9.17) is 9.47 Å². The molecular formula is C25H27FN2O5S. The molecule has 34 heavy (non-hydrogen) atoms. The lowest BCUT2D eigenvalue weighted by molar-refractivity contribution is -0.120. The summed E-state index contributed by atoms with van der Waals surface area (Å²) in [5.41, 5.74) is 1.39. The number of benzene rings is 3. The molecule has 0 saturated heterocycles. The number of rotatable bonds is 9. The molecule has 1 atom stereocenters. The number of anilines is 1. The molecule has 7 nitrogen and oxygen atoms in total. The molecule has 3 aromatic rings. The first-order valence-electron chi connectivity index (χ1n) is 10.5. The summed E-state index contributed by atoms with van der Waals surface area (Å²) in [6.07, 6.45) is 0. The van der Waals surface area contributed by atoms with Crippen molar-refractivity contribution in [3.8, 4) is 11.5 Å². The minimum Gasteiger partial charge on any atom is -0.493 e. The van der Waals surface area contributed by atoms with Crippen molar-refractivity contribution in [3.63, 3.8) is 0 Å². The highest BCUT2D eigenvalue weighted by atomic mass is 32.2. The van der Waals surface area contributed by atoms with Crippen LogP contribution in [0, 0.1) is 12.7 Å². The molecule has 0 saturated carbocycles. The largest absolute Gasteiger partial charge is 0.493 e. The van der Waals surface area contributed by atoms with Gasteiger partial charge in [-0.25, -0.2) is 12.8 Å². The highest BCUT2D eigenvalue weighted by Gasteiger charge is 2.29. The molecule has 0 heterocycles. The molecule has 1 amide bonds. The smallest absolute Gasteiger partial charge is 0.264 e. The molecular weight excluding hydrogens is 459 g/mol. The SMILES string of the molecule is COc1ccc(C(C)NC(=O)CN(c2ccccc2F)S(=O)(=O)c2ccc(C)cc2)cc1OC. The number of halogens is 1. The number of carbonyl (C=O) groups is 1. The number of amides is 1. The predicted molar refractivity (Wildman–Crippen MR) is 128 cm³/mol. The van der Waals surface area contributed by atoms with E-state index in [0.29, 0.717) is 11.5 Å². The van der Waals surface area contributed by atoms with Crippen LogP contribution >= 0.6 is 0 Å². The number of hydrogen-bond donors (Lipinski definition) is 1. The average Bonchev–Trinajstić information content (AvgIpc) is 2.82. The Kier molecular flexibility index (Phi) is 7.78. The van der Waals surface area contributed by atoms with Gasteiger partial charge in [0.2, 0.25) is 5.91 Å². The highest BCUT2D eigenvalue weighted by Crippen LogP contribution is 2.30. The third-order valence-corrected chi connectivity index (χ3v) is 7.08. The number of sulfonamides is 1. The number of nitrogens with zero attached hydrogens (tertiary/aromatic N) is 1. The van der Waals surface area contributed by atoms with Crippen molar-refractivity contribution in [2.75, 3.05) is 25.1 Å². The van der Waals surface area contributed by atoms with E-state index < -0.39 is 34.3 Å². The van der Waals surface area contributed by atoms with Gasteiger partial charge in [0, 0.05) is 0 Å². The van der Waals surface area contributed by atoms with Crippen molar-refractivity contribution in [2.45, 2.75) is 24.8 Å². The fourth-order valence-corrected chi connectivity index (χ4v) is 4.84. The van der Waals surface area contributed by atoms with Crippen LogP contribution in [-0.2, 0) is 14.8 Å². The molecule has 1 N–H and O–H groups in total. The van der Waals surface area contributed by atoms with Crippen LogP contribution in [0.2, 0.25) is 0 Å². The van der Waals surface area contributed by atoms with Gasteiger partial charge < -0.3 is 14.8 Å². The minimum absolute atomic E-state index is 0.0397. The summed E-state index contributed by atoms with van der Waals surface area (Å²) in [5, 5.41) is 2.77. The molecule has 0 spiro atoms. The zero-order valence-electron chi connectivity index (χ0n) is 19.4. The number of para-hydroxylation sites is 1. The molecule has 9 heteroatoms. The standard InChI is InChI=1S/C25H27FN2O5S/c1-17-9-12-20(13-10-17)34(30,31)28(22-8-6-5-7-21(22)26)16-25(29)27-18(2)19-11-14-23(32-3)24(15-19)33-4/h5-15,18H,16H2,1-4H3,(H,27,29). The van der Waals surface area contributed by atoms with Crippen LogP contribution < -0.4 is 19.1 Å². The van der Waals surface area contributed by atoms with E-state index in [1.807, 2.05) is 6.92 Å². The summed E-state index contributed by atoms with van der Waals surface area (Å²) in [6, 6.07) is 16.3. The zero-order valence-corrected chi connectivity index (χ0v) is 20.2. The molecule has 180 valence electrons. The molecule has 0 aromatic heterocycles. The third-order valence-electron chi connectivity index (χ3n) is 5.30. The Balaban J connectivity index is 1.89. The minimum atomic E-state index is -4.21. The fourth-order valence-electron chi connectivity index (χ4n) is 3.41. The van der Waals surface area contributed by atoms with Crippen molar-refractivity contribution in [1.82, 2.24) is 5.32 Å². The van der Waals surface area contributed by atoms with Crippen LogP contribution in [0.15, 0.2) is 71.6 Å². The Morgan fingerprint density at radius 3 is 2.26 bits per heavy atom. The van der Waals surface area contributed by atoms with Gasteiger partial charge in [-0.05, 0) is 55.8 Å². The maximum atomic E-state index is 14.6. The molecule has 0 aliphatic rings. The first kappa shape index (κ1) is 25.0. The maximum Gasteiger partial charge on any atom is 0.264 e. The van der Waals surface area contributed by atoms with Crippen LogP contribution in [0.4, 0.5) is 10.1 Å². The van der Waals surface area contributed by atoms with Crippen LogP contribution in [0.3, 0.4) is 0 Å². The number of hydrogen-bond acceptors (Lipinski definition) is 5. The van der Waals surface area contributed by atoms with Crippen molar-refractivity contribution >= 4 is 21.6 Å². The fraction of sp³-hybridized carbons (Fsp3) is 0.240. The molecule has 0 fully saturated rings. The Morgan fingerprint density at radius 1 is 1.00 bits per heavy atom. The van der Waals surface area contributed by atoms with E-state index in [9.17, 15) is 17.6 Å². The normalized spacial score (nSPS) is 12.0. The topological polar surface area (TPSA) is 84.9 Å². The monoisotopic (exact) mass is 486 g/mol. The van der Waals surface area contributed by atoms with Gasteiger partial charge in [-0.2, -0.15) is 0 Å². The van der Waals surface area contributed by atoms with E-state index in [2.05, 4.69) is 5.32 Å². The molecule has 3 aromatic carbocycles. The lowest BCUT2D eigenvalue weighted by Crippen LogP contribution is -2.42. The summed E-state index contributed by atoms with van der Waals surface area (Å²) < 4.78 is 52.7. The van der Waals surface area contributed by atoms with Gasteiger partial charge in [-0.3, -0.25) is 9.10 Å². The molecule has 3 rings (SSSR count). The Bertz CT molecular complexity index is 1260. The molecule has 1 unspecified atom stereocenters. The second-order valence-corrected chi connectivity index (χ2v) is 9.54. The van der Waals surface area contributed by atoms with Gasteiger partial charge in [0.05, 0.1) is 30.8 Å². The third kappa shape index (κ3) is 5.48. The summed E-state index contributed by atoms with van der Waals surface area (Å²) in [5.74, 6) is -0.309. The van der Waals surface area contributed by atoms with Crippen molar-refractivity contribution in [1.29, 1.82) is 0 Å². The number of nitrogens with one attached hydrogen (secondary N) is 1. The van der Waals surface area contributed by atoms with Gasteiger partial charge in [0.1, 0.15) is 12.4 Å². The zero-order chi connectivity index (χ0) is 24.9. The maximum absolute atomic E-state index is 14.6. The molecule has 0 bridgehead atoms. The van der Waals surface area contributed by atoms with Crippen molar-refractivity contribution < 1.29 is 27.1 Å². The van der Waals surface area contributed by atoms with Crippen LogP contribution in [-0.4, -0.2) is 35.1 Å². The van der Waals surface area contributed by atoms with E-state index in [1.165, 1.54) is 44.6 Å². The first-order chi connectivity index (χ1) is 16.2. The van der Waals surface area contributed by atoms with Gasteiger partial charge in [0.25, 0.3) is 10.0 Å². The van der Waals surface area contributed by atoms with Crippen LogP contribution in [0.5, 0.6) is 11.5 Å². The first-order valence-corrected chi connectivity index (χ1v) is 12.0. The number of aryl methyl sites for hydroxylation is 1. The molecule has 0 radical (unpaired) electrons. The van der Waals surface area contributed by atoms with Gasteiger partial charge in [0.15, 0.2) is 11.5 Å². The molecule has 0 aliphatic carbocycles. The summed E-state index contributed by atoms with van der Waals surface area (Å²) in [4.78, 5) is 12.9. The van der Waals surface area contributed by atoms with Crippen molar-refractivity contribution in [2.24, 2.45) is 0 Å². The Morgan fingerprint density at radius 2 is 1.65 bits per heavy atom. The lowest BCUT2D eigenvalue weighted by Gasteiger charge is -2.25. The Labute approximate surface area is 199 Å². The Hall–Kier alpha value is -3.59. The van der Waals surface area contributed by atoms with Crippen LogP contribution in [0.25, 0.3) is 0 Å². The van der Waals surface area contributed by atoms with Gasteiger partial charge >= 0.3 is 0 Å². The lowest BCUT2D eigenvalue weighted by atomic mass is 10.1. The number of carbonyl (C=O) groups excluding carboxylic acids is 1. The molecule has 0 aliphatic heterocycles. The summed E-state index contributed by atoms with van der Waals surface area (Å²) >= 11 is 0. The van der Waals surface area contributed by atoms with Gasteiger partial charge in [-0.15, -0.1) is 0 Å². The van der Waals surface area contributed by atoms with E-state index in [-0.39, 0.29) is 10.6 Å².